The summed E-state index contributed by atoms with van der Waals surface area (Å²) in [5.41, 5.74) is 5.53. The van der Waals surface area contributed by atoms with E-state index in [0.29, 0.717) is 0 Å². The largest absolute Gasteiger partial charge is 0.483 e. The molecular formula is C21H27N3O2. The summed E-state index contributed by atoms with van der Waals surface area (Å²) in [6.45, 7) is 6.26. The Morgan fingerprint density at radius 3 is 2.38 bits per heavy atom. The third kappa shape index (κ3) is 5.62. The molecule has 0 aliphatic rings. The van der Waals surface area contributed by atoms with E-state index in [0.717, 1.165) is 22.6 Å². The van der Waals surface area contributed by atoms with Crippen LogP contribution < -0.4 is 15.1 Å². The molecule has 5 heteroatoms. The van der Waals surface area contributed by atoms with Crippen LogP contribution in [0.15, 0.2) is 53.6 Å². The van der Waals surface area contributed by atoms with Gasteiger partial charge in [-0.2, -0.15) is 5.10 Å². The van der Waals surface area contributed by atoms with Crippen molar-refractivity contribution in [2.45, 2.75) is 26.2 Å². The van der Waals surface area contributed by atoms with Crippen LogP contribution >= 0.6 is 0 Å². The molecule has 0 saturated heterocycles. The van der Waals surface area contributed by atoms with E-state index < -0.39 is 0 Å². The van der Waals surface area contributed by atoms with Gasteiger partial charge in [-0.15, -0.1) is 0 Å². The Balaban J connectivity index is 1.88. The van der Waals surface area contributed by atoms with Gasteiger partial charge < -0.3 is 9.64 Å². The molecule has 0 saturated carbocycles. The maximum absolute atomic E-state index is 12.0. The molecule has 2 aromatic carbocycles. The summed E-state index contributed by atoms with van der Waals surface area (Å²) in [7, 11) is 3.97. The first-order valence-corrected chi connectivity index (χ1v) is 8.59. The van der Waals surface area contributed by atoms with Crippen LogP contribution in [0.2, 0.25) is 0 Å². The molecular weight excluding hydrogens is 326 g/mol. The number of ether oxygens (including phenoxy) is 1. The van der Waals surface area contributed by atoms with E-state index in [1.54, 1.807) is 6.21 Å². The van der Waals surface area contributed by atoms with Gasteiger partial charge in [0.15, 0.2) is 6.61 Å². The van der Waals surface area contributed by atoms with Gasteiger partial charge in [-0.1, -0.05) is 51.1 Å². The maximum Gasteiger partial charge on any atom is 0.277 e. The second-order valence-corrected chi connectivity index (χ2v) is 7.31. The van der Waals surface area contributed by atoms with Crippen LogP contribution in [0.5, 0.6) is 5.75 Å². The van der Waals surface area contributed by atoms with Crippen LogP contribution in [-0.4, -0.2) is 32.8 Å². The van der Waals surface area contributed by atoms with Gasteiger partial charge in [0, 0.05) is 19.8 Å². The molecule has 0 bridgehead atoms. The number of benzene rings is 2. The predicted octanol–water partition coefficient (Wildman–Crippen LogP) is 3.58. The van der Waals surface area contributed by atoms with Crippen LogP contribution in [0.25, 0.3) is 0 Å². The molecule has 0 unspecified atom stereocenters. The molecule has 138 valence electrons. The van der Waals surface area contributed by atoms with Crippen molar-refractivity contribution in [3.8, 4) is 5.75 Å². The first-order valence-electron chi connectivity index (χ1n) is 8.59. The van der Waals surface area contributed by atoms with Crippen molar-refractivity contribution in [1.29, 1.82) is 0 Å². The number of amides is 1. The highest BCUT2D eigenvalue weighted by atomic mass is 16.5. The molecule has 1 N–H and O–H groups in total. The predicted molar refractivity (Wildman–Crippen MR) is 107 cm³/mol. The Morgan fingerprint density at radius 2 is 1.77 bits per heavy atom. The smallest absolute Gasteiger partial charge is 0.277 e. The number of anilines is 1. The molecule has 0 heterocycles. The molecule has 0 spiro atoms. The summed E-state index contributed by atoms with van der Waals surface area (Å²) in [4.78, 5) is 14.0. The molecule has 0 radical (unpaired) electrons. The lowest BCUT2D eigenvalue weighted by atomic mass is 9.86. The topological polar surface area (TPSA) is 53.9 Å². The zero-order valence-corrected chi connectivity index (χ0v) is 16.1. The monoisotopic (exact) mass is 353 g/mol. The van der Waals surface area contributed by atoms with E-state index in [1.807, 2.05) is 67.5 Å². The van der Waals surface area contributed by atoms with E-state index in [-0.39, 0.29) is 17.9 Å². The Labute approximate surface area is 155 Å². The normalized spacial score (nSPS) is 11.4. The Bertz CT molecular complexity index is 760. The van der Waals surface area contributed by atoms with Crippen LogP contribution in [0.1, 0.15) is 31.9 Å². The highest BCUT2D eigenvalue weighted by Gasteiger charge is 2.18. The molecule has 2 rings (SSSR count). The lowest BCUT2D eigenvalue weighted by molar-refractivity contribution is -0.123. The van der Waals surface area contributed by atoms with Crippen molar-refractivity contribution in [3.05, 3.63) is 59.7 Å². The van der Waals surface area contributed by atoms with E-state index in [4.69, 9.17) is 4.74 Å². The number of rotatable bonds is 6. The highest BCUT2D eigenvalue weighted by Crippen LogP contribution is 2.30. The number of hydrogen-bond acceptors (Lipinski definition) is 4. The second kappa shape index (κ2) is 8.52. The van der Waals surface area contributed by atoms with Gasteiger partial charge in [0.05, 0.1) is 6.21 Å². The first kappa shape index (κ1) is 19.5. The van der Waals surface area contributed by atoms with Gasteiger partial charge in [0.2, 0.25) is 0 Å². The Hall–Kier alpha value is -2.82. The standard InChI is InChI=1S/C21H27N3O2/c1-21(2,3)18-8-6-7-9-19(18)26-15-20(25)23-22-14-16-10-12-17(13-11-16)24(4)5/h6-14H,15H2,1-5H3,(H,23,25)/b22-14-. The third-order valence-electron chi connectivity index (χ3n) is 3.87. The average molecular weight is 353 g/mol. The lowest BCUT2D eigenvalue weighted by Gasteiger charge is -2.22. The van der Waals surface area contributed by atoms with Crippen molar-refractivity contribution in [2.24, 2.45) is 5.10 Å². The van der Waals surface area contributed by atoms with Crippen molar-refractivity contribution in [2.75, 3.05) is 25.6 Å². The number of carbonyl (C=O) groups is 1. The number of hydrogen-bond donors (Lipinski definition) is 1. The summed E-state index contributed by atoms with van der Waals surface area (Å²) in [6, 6.07) is 15.6. The molecule has 0 aliphatic heterocycles. The zero-order valence-electron chi connectivity index (χ0n) is 16.1. The van der Waals surface area contributed by atoms with Gasteiger partial charge in [-0.3, -0.25) is 4.79 Å². The molecule has 2 aromatic rings. The van der Waals surface area contributed by atoms with Crippen molar-refractivity contribution in [3.63, 3.8) is 0 Å². The number of para-hydroxylation sites is 1. The molecule has 0 aromatic heterocycles. The Morgan fingerprint density at radius 1 is 1.12 bits per heavy atom. The number of carbonyl (C=O) groups excluding carboxylic acids is 1. The minimum absolute atomic E-state index is 0.0516. The number of hydrazone groups is 1. The molecule has 0 aliphatic carbocycles. The summed E-state index contributed by atoms with van der Waals surface area (Å²) in [5, 5.41) is 3.98. The fourth-order valence-corrected chi connectivity index (χ4v) is 2.43. The summed E-state index contributed by atoms with van der Waals surface area (Å²) < 4.78 is 5.68. The fraction of sp³-hybridized carbons (Fsp3) is 0.333. The lowest BCUT2D eigenvalue weighted by Crippen LogP contribution is -2.25. The van der Waals surface area contributed by atoms with E-state index in [1.165, 1.54) is 0 Å². The van der Waals surface area contributed by atoms with E-state index in [9.17, 15) is 4.79 Å². The minimum atomic E-state index is -0.296. The van der Waals surface area contributed by atoms with Gasteiger partial charge in [-0.05, 0) is 34.7 Å². The van der Waals surface area contributed by atoms with Gasteiger partial charge >= 0.3 is 0 Å². The van der Waals surface area contributed by atoms with Gasteiger partial charge in [0.25, 0.3) is 5.91 Å². The van der Waals surface area contributed by atoms with Crippen molar-refractivity contribution < 1.29 is 9.53 Å². The van der Waals surface area contributed by atoms with Crippen molar-refractivity contribution in [1.82, 2.24) is 5.43 Å². The quantitative estimate of drug-likeness (QED) is 0.638. The molecule has 26 heavy (non-hydrogen) atoms. The van der Waals surface area contributed by atoms with Crippen LogP contribution in [0, 0.1) is 0 Å². The molecule has 0 atom stereocenters. The van der Waals surface area contributed by atoms with Crippen molar-refractivity contribution >= 4 is 17.8 Å². The summed E-state index contributed by atoms with van der Waals surface area (Å²) >= 11 is 0. The summed E-state index contributed by atoms with van der Waals surface area (Å²) in [5.74, 6) is 0.424. The number of nitrogens with zero attached hydrogens (tertiary/aromatic N) is 2. The fourth-order valence-electron chi connectivity index (χ4n) is 2.43. The Kier molecular flexibility index (Phi) is 6.39. The van der Waals surface area contributed by atoms with E-state index >= 15 is 0 Å². The molecule has 1 amide bonds. The highest BCUT2D eigenvalue weighted by molar-refractivity contribution is 5.83. The average Bonchev–Trinajstić information content (AvgIpc) is 2.60. The SMILES string of the molecule is CN(C)c1ccc(/C=N\NC(=O)COc2ccccc2C(C)(C)C)cc1. The number of nitrogens with one attached hydrogen (secondary N) is 1. The molecule has 5 nitrogen and oxygen atoms in total. The van der Waals surface area contributed by atoms with E-state index in [2.05, 4.69) is 31.3 Å². The second-order valence-electron chi connectivity index (χ2n) is 7.31. The van der Waals surface area contributed by atoms with Crippen LogP contribution in [-0.2, 0) is 10.2 Å². The van der Waals surface area contributed by atoms with Gasteiger partial charge in [0.1, 0.15) is 5.75 Å². The van der Waals surface area contributed by atoms with Crippen LogP contribution in [0.4, 0.5) is 5.69 Å². The molecule has 0 fully saturated rings. The van der Waals surface area contributed by atoms with Crippen LogP contribution in [0.3, 0.4) is 0 Å². The summed E-state index contributed by atoms with van der Waals surface area (Å²) in [6.07, 6.45) is 1.61. The first-order chi connectivity index (χ1) is 12.3. The zero-order chi connectivity index (χ0) is 19.2. The maximum atomic E-state index is 12.0. The van der Waals surface area contributed by atoms with Gasteiger partial charge in [-0.25, -0.2) is 5.43 Å². The third-order valence-corrected chi connectivity index (χ3v) is 3.87. The minimum Gasteiger partial charge on any atom is -0.483 e.